The van der Waals surface area contributed by atoms with Gasteiger partial charge in [-0.05, 0) is 12.8 Å². The van der Waals surface area contributed by atoms with E-state index in [1.54, 1.807) is 0 Å². The number of likely N-dealkylation sites (N-methyl/N-ethyl adjacent to an activating group) is 1. The van der Waals surface area contributed by atoms with Crippen molar-refractivity contribution in [2.45, 2.75) is 0 Å². The molecule has 0 aliphatic heterocycles. The summed E-state index contributed by atoms with van der Waals surface area (Å²) in [5.74, 6) is -0.867. The van der Waals surface area contributed by atoms with Gasteiger partial charge in [0.1, 0.15) is 6.54 Å². The van der Waals surface area contributed by atoms with Crippen molar-refractivity contribution in [3.8, 4) is 0 Å². The molecule has 0 aliphatic rings. The van der Waals surface area contributed by atoms with Crippen LogP contribution in [-0.4, -0.2) is 35.5 Å². The third-order valence-corrected chi connectivity index (χ3v) is 1.07. The Labute approximate surface area is 64.1 Å². The second-order valence-corrected chi connectivity index (χ2v) is 1.91. The summed E-state index contributed by atoms with van der Waals surface area (Å²) in [6.45, 7) is -0.171. The predicted molar refractivity (Wildman–Crippen MR) is 40.9 cm³/mol. The van der Waals surface area contributed by atoms with E-state index in [1.807, 2.05) is 0 Å². The molecule has 0 aromatic carbocycles. The highest BCUT2D eigenvalue weighted by molar-refractivity contribution is 7.79. The molecule has 0 aromatic rings. The lowest BCUT2D eigenvalue weighted by Gasteiger charge is -2.13. The van der Waals surface area contributed by atoms with E-state index in [-0.39, 0.29) is 12.5 Å². The Morgan fingerprint density at radius 1 is 1.90 bits per heavy atom. The smallest absolute Gasteiger partial charge is 0.323 e. The Morgan fingerprint density at radius 3 is 2.70 bits per heavy atom. The number of carbonyl (C=O) groups is 1. The number of guanidine groups is 1. The topological polar surface area (TPSA) is 78.9 Å². The zero-order valence-electron chi connectivity index (χ0n) is 5.48. The van der Waals surface area contributed by atoms with Gasteiger partial charge in [0.25, 0.3) is 0 Å². The van der Waals surface area contributed by atoms with Crippen LogP contribution >= 0.6 is 12.8 Å². The van der Waals surface area contributed by atoms with Crippen LogP contribution in [0.15, 0.2) is 4.40 Å². The Balaban J connectivity index is 3.85. The van der Waals surface area contributed by atoms with Crippen molar-refractivity contribution in [1.29, 1.82) is 0 Å². The van der Waals surface area contributed by atoms with Crippen molar-refractivity contribution in [2.24, 2.45) is 10.1 Å². The number of thiol groups is 1. The summed E-state index contributed by atoms with van der Waals surface area (Å²) in [4.78, 5) is 11.3. The molecule has 0 atom stereocenters. The SMILES string of the molecule is CN(CC(=O)O)C(N)=NS. The molecule has 6 heteroatoms. The van der Waals surface area contributed by atoms with Gasteiger partial charge in [-0.2, -0.15) is 4.40 Å². The van der Waals surface area contributed by atoms with Gasteiger partial charge in [0.05, 0.1) is 0 Å². The first-order chi connectivity index (χ1) is 4.57. The standard InChI is InChI=1S/C4H9N3O2S/c1-7(2-3(8)9)4(5)6-10/h10H,2H2,1H3,(H2,5,6)(H,8,9). The summed E-state index contributed by atoms with van der Waals surface area (Å²) in [6, 6.07) is 0. The molecule has 3 N–H and O–H groups in total. The van der Waals surface area contributed by atoms with Crippen LogP contribution < -0.4 is 5.73 Å². The van der Waals surface area contributed by atoms with Crippen molar-refractivity contribution in [3.63, 3.8) is 0 Å². The van der Waals surface area contributed by atoms with Crippen molar-refractivity contribution in [3.05, 3.63) is 0 Å². The molecule has 0 radical (unpaired) electrons. The molecule has 0 unspecified atom stereocenters. The lowest BCUT2D eigenvalue weighted by molar-refractivity contribution is -0.137. The third kappa shape index (κ3) is 3.18. The van der Waals surface area contributed by atoms with Gasteiger partial charge in [-0.1, -0.05) is 0 Å². The highest BCUT2D eigenvalue weighted by Crippen LogP contribution is 1.83. The van der Waals surface area contributed by atoms with Gasteiger partial charge in [-0.25, -0.2) is 0 Å². The fourth-order valence-corrected chi connectivity index (χ4v) is 0.513. The van der Waals surface area contributed by atoms with Gasteiger partial charge in [-0.15, -0.1) is 0 Å². The Hall–Kier alpha value is -0.910. The third-order valence-electron chi connectivity index (χ3n) is 0.866. The molecule has 10 heavy (non-hydrogen) atoms. The predicted octanol–water partition coefficient (Wildman–Crippen LogP) is -0.838. The van der Waals surface area contributed by atoms with Gasteiger partial charge in [0.15, 0.2) is 0 Å². The van der Waals surface area contributed by atoms with Crippen LogP contribution in [0.3, 0.4) is 0 Å². The minimum atomic E-state index is -0.956. The van der Waals surface area contributed by atoms with E-state index >= 15 is 0 Å². The van der Waals surface area contributed by atoms with E-state index < -0.39 is 5.97 Å². The zero-order valence-corrected chi connectivity index (χ0v) is 6.38. The lowest BCUT2D eigenvalue weighted by Crippen LogP contribution is -2.37. The van der Waals surface area contributed by atoms with Gasteiger partial charge >= 0.3 is 5.97 Å². The van der Waals surface area contributed by atoms with Crippen molar-refractivity contribution < 1.29 is 9.90 Å². The molecular weight excluding hydrogens is 154 g/mol. The molecule has 0 amide bonds. The van der Waals surface area contributed by atoms with Crippen LogP contribution in [-0.2, 0) is 4.79 Å². The number of hydrogen-bond acceptors (Lipinski definition) is 3. The zero-order chi connectivity index (χ0) is 8.15. The number of nitrogens with two attached hydrogens (primary N) is 1. The van der Waals surface area contributed by atoms with Crippen molar-refractivity contribution in [1.82, 2.24) is 4.90 Å². The van der Waals surface area contributed by atoms with E-state index in [4.69, 9.17) is 10.8 Å². The van der Waals surface area contributed by atoms with E-state index in [1.165, 1.54) is 11.9 Å². The largest absolute Gasteiger partial charge is 0.480 e. The number of hydrogen-bond donors (Lipinski definition) is 3. The molecule has 0 bridgehead atoms. The maximum atomic E-state index is 10.1. The highest BCUT2D eigenvalue weighted by atomic mass is 32.1. The summed E-state index contributed by atoms with van der Waals surface area (Å²) in [5.41, 5.74) is 5.20. The van der Waals surface area contributed by atoms with E-state index in [9.17, 15) is 4.79 Å². The summed E-state index contributed by atoms with van der Waals surface area (Å²) < 4.78 is 3.29. The number of aliphatic carboxylic acids is 1. The molecule has 0 spiro atoms. The normalized spacial score (nSPS) is 11.2. The lowest BCUT2D eigenvalue weighted by atomic mass is 10.6. The molecular formula is C4H9N3O2S. The highest BCUT2D eigenvalue weighted by Gasteiger charge is 2.04. The number of carboxylic acid groups (broad SMARTS) is 1. The van der Waals surface area contributed by atoms with E-state index in [0.717, 1.165) is 0 Å². The molecule has 0 fully saturated rings. The molecule has 0 saturated carbocycles. The second kappa shape index (κ2) is 3.99. The van der Waals surface area contributed by atoms with Gasteiger partial charge in [-0.3, -0.25) is 4.79 Å². The molecule has 0 aromatic heterocycles. The average molecular weight is 163 g/mol. The quantitative estimate of drug-likeness (QED) is 0.282. The van der Waals surface area contributed by atoms with E-state index in [2.05, 4.69) is 17.2 Å². The summed E-state index contributed by atoms with van der Waals surface area (Å²) in [5, 5.41) is 8.25. The van der Waals surface area contributed by atoms with Gasteiger partial charge < -0.3 is 15.7 Å². The minimum Gasteiger partial charge on any atom is -0.480 e. The van der Waals surface area contributed by atoms with Gasteiger partial charge in [0, 0.05) is 7.05 Å². The fourth-order valence-electron chi connectivity index (χ4n) is 0.360. The van der Waals surface area contributed by atoms with Gasteiger partial charge in [0.2, 0.25) is 5.96 Å². The monoisotopic (exact) mass is 163 g/mol. The number of carboxylic acids is 1. The summed E-state index contributed by atoms with van der Waals surface area (Å²) in [6.07, 6.45) is 0. The Kier molecular flexibility index (Phi) is 3.63. The fraction of sp³-hybridized carbons (Fsp3) is 0.500. The first kappa shape index (κ1) is 9.09. The average Bonchev–Trinajstić information content (AvgIpc) is 1.85. The van der Waals surface area contributed by atoms with Crippen LogP contribution in [0.2, 0.25) is 0 Å². The first-order valence-electron chi connectivity index (χ1n) is 2.48. The van der Waals surface area contributed by atoms with Crippen LogP contribution in [0.1, 0.15) is 0 Å². The Bertz CT molecular complexity index is 159. The van der Waals surface area contributed by atoms with Crippen LogP contribution in [0.25, 0.3) is 0 Å². The van der Waals surface area contributed by atoms with Crippen LogP contribution in [0, 0.1) is 0 Å². The maximum Gasteiger partial charge on any atom is 0.323 e. The van der Waals surface area contributed by atoms with Crippen LogP contribution in [0.5, 0.6) is 0 Å². The summed E-state index contributed by atoms with van der Waals surface area (Å²) in [7, 11) is 1.52. The van der Waals surface area contributed by atoms with Crippen LogP contribution in [0.4, 0.5) is 0 Å². The van der Waals surface area contributed by atoms with Crippen molar-refractivity contribution in [2.75, 3.05) is 13.6 Å². The molecule has 0 heterocycles. The molecule has 5 nitrogen and oxygen atoms in total. The summed E-state index contributed by atoms with van der Waals surface area (Å²) >= 11 is 3.51. The number of nitrogens with zero attached hydrogens (tertiary/aromatic N) is 2. The second-order valence-electron chi connectivity index (χ2n) is 1.71. The molecule has 58 valence electrons. The van der Waals surface area contributed by atoms with E-state index in [0.29, 0.717) is 0 Å². The maximum absolute atomic E-state index is 10.1. The Morgan fingerprint density at radius 2 is 2.40 bits per heavy atom. The van der Waals surface area contributed by atoms with Crippen molar-refractivity contribution >= 4 is 24.7 Å². The first-order valence-corrected chi connectivity index (χ1v) is 2.88. The number of rotatable bonds is 2. The molecule has 0 aliphatic carbocycles. The molecule has 0 saturated heterocycles. The minimum absolute atomic E-state index is 0.0886. The molecule has 0 rings (SSSR count).